The molecular weight excluding hydrogens is 490 g/mol. The van der Waals surface area contributed by atoms with Crippen LogP contribution in [-0.2, 0) is 10.1 Å². The minimum Gasteiger partial charge on any atom is -0.747 e. The number of alkyl halides is 14. The molecule has 0 aliphatic heterocycles. The Morgan fingerprint density at radius 2 is 1.10 bits per heavy atom. The zero-order valence-electron chi connectivity index (χ0n) is 13.4. The molecule has 0 aromatic rings. The lowest BCUT2D eigenvalue weighted by Crippen LogP contribution is -2.71. The van der Waals surface area contributed by atoms with Crippen LogP contribution in [0.5, 0.6) is 0 Å². The predicted octanol–water partition coefficient (Wildman–Crippen LogP) is 4.82. The molecule has 0 radical (unpaired) electrons. The molecule has 176 valence electrons. The van der Waals surface area contributed by atoms with Gasteiger partial charge in [-0.2, -0.15) is 52.7 Å². The molecule has 1 unspecified atom stereocenters. The third-order valence-electron chi connectivity index (χ3n) is 4.15. The first-order chi connectivity index (χ1) is 12.8. The van der Waals surface area contributed by atoms with E-state index in [1.807, 2.05) is 0 Å². The van der Waals surface area contributed by atoms with Gasteiger partial charge in [-0.15, -0.1) is 0 Å². The minimum atomic E-state index is -7.40. The van der Waals surface area contributed by atoms with Crippen LogP contribution in [0, 0.1) is 0 Å². The lowest BCUT2D eigenvalue weighted by Gasteiger charge is -2.48. The zero-order valence-corrected chi connectivity index (χ0v) is 14.2. The summed E-state index contributed by atoms with van der Waals surface area (Å²) in [6, 6.07) is 0. The molecule has 0 aromatic heterocycles. The third-order valence-corrected chi connectivity index (χ3v) is 5.60. The van der Waals surface area contributed by atoms with Crippen LogP contribution >= 0.6 is 0 Å². The average molecular weight is 495 g/mol. The first-order valence-electron chi connectivity index (χ1n) is 6.80. The van der Waals surface area contributed by atoms with Crippen LogP contribution in [0.4, 0.5) is 61.5 Å². The van der Waals surface area contributed by atoms with Crippen LogP contribution in [0.15, 0.2) is 23.8 Å². The SMILES string of the molecule is O=S(=O)([O-])C1(C(F)(C(F)(F)F)C(F)(F)F)C=CC=C(C(F)(C(F)(F)F)C(F)(F)F)C1. The average Bonchev–Trinajstić information content (AvgIpc) is 2.47. The van der Waals surface area contributed by atoms with Crippen LogP contribution in [0.1, 0.15) is 6.42 Å². The van der Waals surface area contributed by atoms with E-state index in [4.69, 9.17) is 0 Å². The van der Waals surface area contributed by atoms with Gasteiger partial charge in [0.2, 0.25) is 0 Å². The largest absolute Gasteiger partial charge is 0.747 e. The molecule has 30 heavy (non-hydrogen) atoms. The Kier molecular flexibility index (Phi) is 5.91. The van der Waals surface area contributed by atoms with E-state index in [2.05, 4.69) is 0 Å². The van der Waals surface area contributed by atoms with E-state index in [0.29, 0.717) is 0 Å². The van der Waals surface area contributed by atoms with Crippen LogP contribution in [0.2, 0.25) is 0 Å². The van der Waals surface area contributed by atoms with Crippen molar-refractivity contribution in [2.45, 2.75) is 47.2 Å². The Hall–Kier alpha value is -1.59. The highest BCUT2D eigenvalue weighted by molar-refractivity contribution is 7.87. The Morgan fingerprint density at radius 1 is 0.733 bits per heavy atom. The van der Waals surface area contributed by atoms with Crippen molar-refractivity contribution in [1.29, 1.82) is 0 Å². The van der Waals surface area contributed by atoms with Crippen molar-refractivity contribution in [2.24, 2.45) is 0 Å². The van der Waals surface area contributed by atoms with Gasteiger partial charge in [0.05, 0.1) is 0 Å². The molecule has 0 spiro atoms. The highest BCUT2D eigenvalue weighted by atomic mass is 32.2. The molecule has 1 aliphatic carbocycles. The second-order valence-electron chi connectivity index (χ2n) is 5.88. The lowest BCUT2D eigenvalue weighted by atomic mass is 9.75. The van der Waals surface area contributed by atoms with Gasteiger partial charge in [0, 0.05) is 0 Å². The summed E-state index contributed by atoms with van der Waals surface area (Å²) < 4.78 is 211. The van der Waals surface area contributed by atoms with Crippen molar-refractivity contribution >= 4 is 10.1 Å². The molecule has 1 atom stereocenters. The first kappa shape index (κ1) is 26.4. The zero-order chi connectivity index (χ0) is 24.4. The lowest BCUT2D eigenvalue weighted by molar-refractivity contribution is -0.350. The summed E-state index contributed by atoms with van der Waals surface area (Å²) in [5.41, 5.74) is -17.0. The summed E-state index contributed by atoms with van der Waals surface area (Å²) in [7, 11) is -7.39. The highest BCUT2D eigenvalue weighted by Gasteiger charge is 2.84. The Balaban J connectivity index is 4.03. The summed E-state index contributed by atoms with van der Waals surface area (Å²) in [6.07, 6.45) is -34.7. The molecule has 3 nitrogen and oxygen atoms in total. The fraction of sp³-hybridized carbons (Fsp3) is 0.667. The fourth-order valence-corrected chi connectivity index (χ4v) is 3.86. The summed E-state index contributed by atoms with van der Waals surface area (Å²) in [4.78, 5) is 0. The summed E-state index contributed by atoms with van der Waals surface area (Å²) in [6.45, 7) is 0. The number of halogens is 14. The minimum absolute atomic E-state index is 0.647. The van der Waals surface area contributed by atoms with Gasteiger partial charge in [-0.25, -0.2) is 17.2 Å². The van der Waals surface area contributed by atoms with Crippen LogP contribution < -0.4 is 0 Å². The third kappa shape index (κ3) is 3.44. The van der Waals surface area contributed by atoms with Gasteiger partial charge >= 0.3 is 36.0 Å². The standard InChI is InChI=1S/C12H6F14O3S/c13-7(9(15,16)17,10(18,19)20)5-2-1-3-6(4-5,30(27,28)29)8(14,11(21,22)23)12(24,25)26/h1-3H,4H2,(H,27,28,29)/p-1. The molecule has 0 saturated heterocycles. The molecule has 0 heterocycles. The van der Waals surface area contributed by atoms with Crippen molar-refractivity contribution in [3.63, 3.8) is 0 Å². The maximum atomic E-state index is 14.4. The second-order valence-corrected chi connectivity index (χ2v) is 7.52. The van der Waals surface area contributed by atoms with Gasteiger partial charge in [0.1, 0.15) is 14.9 Å². The maximum Gasteiger partial charge on any atom is 0.435 e. The van der Waals surface area contributed by atoms with Gasteiger partial charge in [-0.05, 0) is 12.0 Å². The molecular formula is C12H5F14O3S-. The van der Waals surface area contributed by atoms with Crippen molar-refractivity contribution in [2.75, 3.05) is 0 Å². The molecule has 0 aromatic carbocycles. The van der Waals surface area contributed by atoms with Gasteiger partial charge in [0.15, 0.2) is 0 Å². The maximum absolute atomic E-state index is 14.4. The van der Waals surface area contributed by atoms with Gasteiger partial charge in [0.25, 0.3) is 0 Å². The summed E-state index contributed by atoms with van der Waals surface area (Å²) in [5, 5.41) is 0. The van der Waals surface area contributed by atoms with Gasteiger partial charge in [-0.3, -0.25) is 0 Å². The fourth-order valence-electron chi connectivity index (χ4n) is 2.70. The molecule has 18 heteroatoms. The molecule has 0 N–H and O–H groups in total. The van der Waals surface area contributed by atoms with Crippen LogP contribution in [-0.4, -0.2) is 53.8 Å². The van der Waals surface area contributed by atoms with Crippen LogP contribution in [0.3, 0.4) is 0 Å². The van der Waals surface area contributed by atoms with E-state index in [1.54, 1.807) is 0 Å². The number of rotatable bonds is 3. The van der Waals surface area contributed by atoms with Crippen LogP contribution in [0.25, 0.3) is 0 Å². The highest BCUT2D eigenvalue weighted by Crippen LogP contribution is 2.61. The van der Waals surface area contributed by atoms with Crippen molar-refractivity contribution in [3.8, 4) is 0 Å². The van der Waals surface area contributed by atoms with Gasteiger partial charge < -0.3 is 4.55 Å². The molecule has 0 fully saturated rings. The number of allylic oxidation sites excluding steroid dienone is 3. The number of hydrogen-bond acceptors (Lipinski definition) is 3. The molecule has 1 aliphatic rings. The monoisotopic (exact) mass is 495 g/mol. The van der Waals surface area contributed by atoms with Crippen molar-refractivity contribution in [1.82, 2.24) is 0 Å². The van der Waals surface area contributed by atoms with E-state index >= 15 is 0 Å². The predicted molar refractivity (Wildman–Crippen MR) is 66.2 cm³/mol. The van der Waals surface area contributed by atoms with Crippen molar-refractivity contribution < 1.29 is 74.4 Å². The quantitative estimate of drug-likeness (QED) is 0.417. The van der Waals surface area contributed by atoms with E-state index in [-0.39, 0.29) is 0 Å². The topological polar surface area (TPSA) is 57.2 Å². The van der Waals surface area contributed by atoms with E-state index in [9.17, 15) is 74.4 Å². The second kappa shape index (κ2) is 6.70. The van der Waals surface area contributed by atoms with Crippen molar-refractivity contribution in [3.05, 3.63) is 23.8 Å². The number of hydrogen-bond donors (Lipinski definition) is 0. The first-order valence-corrected chi connectivity index (χ1v) is 8.21. The van der Waals surface area contributed by atoms with E-state index in [1.165, 1.54) is 0 Å². The van der Waals surface area contributed by atoms with E-state index in [0.717, 1.165) is 0 Å². The smallest absolute Gasteiger partial charge is 0.435 e. The summed E-state index contributed by atoms with van der Waals surface area (Å²) in [5.74, 6) is 0. The molecule has 1 rings (SSSR count). The molecule has 0 bridgehead atoms. The van der Waals surface area contributed by atoms with E-state index < -0.39 is 81.1 Å². The normalized spacial score (nSPS) is 22.8. The Labute approximate surface area is 156 Å². The summed E-state index contributed by atoms with van der Waals surface area (Å²) >= 11 is 0. The Morgan fingerprint density at radius 3 is 1.37 bits per heavy atom. The molecule has 0 amide bonds. The Bertz CT molecular complexity index is 813. The van der Waals surface area contributed by atoms with Gasteiger partial charge in [-0.1, -0.05) is 18.2 Å². The molecule has 0 saturated carbocycles.